The minimum atomic E-state index is -0.595. The molecule has 0 fully saturated rings. The second-order valence-electron chi connectivity index (χ2n) is 8.47. The molecule has 0 saturated carbocycles. The van der Waals surface area contributed by atoms with E-state index in [1.165, 1.54) is 5.56 Å². The fourth-order valence-corrected chi connectivity index (χ4v) is 3.69. The van der Waals surface area contributed by atoms with Crippen molar-refractivity contribution in [3.63, 3.8) is 0 Å². The highest BCUT2D eigenvalue weighted by Crippen LogP contribution is 2.30. The summed E-state index contributed by atoms with van der Waals surface area (Å²) in [5.41, 5.74) is 2.41. The van der Waals surface area contributed by atoms with Gasteiger partial charge in [-0.1, -0.05) is 62.2 Å². The molecule has 178 valence electrons. The molecule has 3 rings (SSSR count). The first-order chi connectivity index (χ1) is 16.2. The van der Waals surface area contributed by atoms with Gasteiger partial charge in [0.25, 0.3) is 5.91 Å². The van der Waals surface area contributed by atoms with E-state index >= 15 is 0 Å². The Morgan fingerprint density at radius 2 is 1.44 bits per heavy atom. The Labute approximate surface area is 210 Å². The van der Waals surface area contributed by atoms with Crippen molar-refractivity contribution in [2.75, 3.05) is 11.9 Å². The molecule has 0 spiro atoms. The summed E-state index contributed by atoms with van der Waals surface area (Å²) in [6, 6.07) is 20.0. The first-order valence-corrected chi connectivity index (χ1v) is 11.7. The largest absolute Gasteiger partial charge is 0.457 e. The standard InChI is InChI=1S/C27H27Cl2NO4/c1-4-27(2,3)18-8-12-20(13-9-18)34-21-14-10-19(11-15-21)30-25(31)17-33-26(32)16-22-23(28)6-5-7-24(22)29/h5-15H,4,16-17H2,1-3H3,(H,30,31). The van der Waals surface area contributed by atoms with Gasteiger partial charge >= 0.3 is 5.97 Å². The molecular formula is C27H27Cl2NO4. The van der Waals surface area contributed by atoms with Crippen LogP contribution >= 0.6 is 23.2 Å². The van der Waals surface area contributed by atoms with Gasteiger partial charge in [-0.15, -0.1) is 0 Å². The topological polar surface area (TPSA) is 64.6 Å². The highest BCUT2D eigenvalue weighted by atomic mass is 35.5. The molecule has 0 aliphatic heterocycles. The van der Waals surface area contributed by atoms with E-state index < -0.39 is 18.5 Å². The molecule has 3 aromatic rings. The van der Waals surface area contributed by atoms with Crippen molar-refractivity contribution in [3.8, 4) is 11.5 Å². The SMILES string of the molecule is CCC(C)(C)c1ccc(Oc2ccc(NC(=O)COC(=O)Cc3c(Cl)cccc3Cl)cc2)cc1. The van der Waals surface area contributed by atoms with Gasteiger partial charge in [-0.3, -0.25) is 9.59 Å². The maximum absolute atomic E-state index is 12.1. The molecule has 1 amide bonds. The third kappa shape index (κ3) is 6.99. The molecule has 7 heteroatoms. The lowest BCUT2D eigenvalue weighted by Gasteiger charge is -2.23. The Bertz CT molecular complexity index is 1120. The Morgan fingerprint density at radius 3 is 2.00 bits per heavy atom. The molecule has 0 aliphatic rings. The number of amides is 1. The lowest BCUT2D eigenvalue weighted by molar-refractivity contribution is -0.146. The summed E-state index contributed by atoms with van der Waals surface area (Å²) >= 11 is 12.1. The number of rotatable bonds is 9. The quantitative estimate of drug-likeness (QED) is 0.316. The number of nitrogens with one attached hydrogen (secondary N) is 1. The molecule has 5 nitrogen and oxygen atoms in total. The highest BCUT2D eigenvalue weighted by molar-refractivity contribution is 6.36. The Balaban J connectivity index is 1.48. The molecule has 0 aliphatic carbocycles. The van der Waals surface area contributed by atoms with Gasteiger partial charge in [0, 0.05) is 21.3 Å². The Hall–Kier alpha value is -3.02. The maximum Gasteiger partial charge on any atom is 0.310 e. The Kier molecular flexibility index (Phi) is 8.59. The van der Waals surface area contributed by atoms with Crippen LogP contribution in [0.1, 0.15) is 38.3 Å². The van der Waals surface area contributed by atoms with Crippen LogP contribution in [0.5, 0.6) is 11.5 Å². The average molecular weight is 500 g/mol. The molecule has 3 aromatic carbocycles. The third-order valence-corrected chi connectivity index (χ3v) is 6.35. The van der Waals surface area contributed by atoms with Gasteiger partial charge in [-0.2, -0.15) is 0 Å². The van der Waals surface area contributed by atoms with Gasteiger partial charge in [-0.05, 0) is 65.9 Å². The first kappa shape index (κ1) is 25.6. The summed E-state index contributed by atoms with van der Waals surface area (Å²) in [6.07, 6.45) is 0.935. The van der Waals surface area contributed by atoms with E-state index in [-0.39, 0.29) is 11.8 Å². The number of hydrogen-bond acceptors (Lipinski definition) is 4. The van der Waals surface area contributed by atoms with Crippen LogP contribution in [-0.4, -0.2) is 18.5 Å². The molecule has 0 saturated heterocycles. The number of ether oxygens (including phenoxy) is 2. The van der Waals surface area contributed by atoms with Crippen LogP contribution in [-0.2, 0) is 26.2 Å². The van der Waals surface area contributed by atoms with Crippen molar-refractivity contribution in [2.24, 2.45) is 0 Å². The molecule has 0 aromatic heterocycles. The van der Waals surface area contributed by atoms with Crippen LogP contribution < -0.4 is 10.1 Å². The van der Waals surface area contributed by atoms with Gasteiger partial charge in [0.05, 0.1) is 6.42 Å². The zero-order valence-electron chi connectivity index (χ0n) is 19.4. The lowest BCUT2D eigenvalue weighted by atomic mass is 9.82. The van der Waals surface area contributed by atoms with Gasteiger partial charge in [0.2, 0.25) is 0 Å². The van der Waals surface area contributed by atoms with Crippen LogP contribution in [0.4, 0.5) is 5.69 Å². The fourth-order valence-electron chi connectivity index (χ4n) is 3.16. The van der Waals surface area contributed by atoms with Gasteiger partial charge in [0.15, 0.2) is 6.61 Å². The van der Waals surface area contributed by atoms with E-state index in [0.717, 1.165) is 12.2 Å². The van der Waals surface area contributed by atoms with E-state index in [9.17, 15) is 9.59 Å². The minimum Gasteiger partial charge on any atom is -0.457 e. The Morgan fingerprint density at radius 1 is 0.882 bits per heavy atom. The summed E-state index contributed by atoms with van der Waals surface area (Å²) < 4.78 is 10.9. The molecule has 34 heavy (non-hydrogen) atoms. The van der Waals surface area contributed by atoms with Crippen LogP contribution in [0.15, 0.2) is 66.7 Å². The zero-order chi connectivity index (χ0) is 24.7. The molecule has 0 heterocycles. The molecule has 0 unspecified atom stereocenters. The van der Waals surface area contributed by atoms with Crippen LogP contribution in [0, 0.1) is 0 Å². The fraction of sp³-hybridized carbons (Fsp3) is 0.259. The van der Waals surface area contributed by atoms with Gasteiger partial charge in [0.1, 0.15) is 11.5 Å². The predicted octanol–water partition coefficient (Wildman–Crippen LogP) is 7.20. The summed E-state index contributed by atoms with van der Waals surface area (Å²) in [7, 11) is 0. The van der Waals surface area contributed by atoms with E-state index in [1.54, 1.807) is 42.5 Å². The van der Waals surface area contributed by atoms with Crippen LogP contribution in [0.2, 0.25) is 10.0 Å². The van der Waals surface area contributed by atoms with Gasteiger partial charge in [-0.25, -0.2) is 0 Å². The number of carbonyl (C=O) groups excluding carboxylic acids is 2. The number of benzene rings is 3. The molecule has 0 bridgehead atoms. The summed E-state index contributed by atoms with van der Waals surface area (Å²) in [4.78, 5) is 24.2. The third-order valence-electron chi connectivity index (χ3n) is 5.64. The second kappa shape index (κ2) is 11.4. The van der Waals surface area contributed by atoms with E-state index in [1.807, 2.05) is 12.1 Å². The van der Waals surface area contributed by atoms with Crippen molar-refractivity contribution >= 4 is 40.8 Å². The molecular weight excluding hydrogens is 473 g/mol. The summed E-state index contributed by atoms with van der Waals surface area (Å²) in [6.45, 7) is 6.18. The maximum atomic E-state index is 12.1. The van der Waals surface area contributed by atoms with E-state index in [4.69, 9.17) is 32.7 Å². The van der Waals surface area contributed by atoms with Crippen molar-refractivity contribution in [1.29, 1.82) is 0 Å². The van der Waals surface area contributed by atoms with Crippen LogP contribution in [0.3, 0.4) is 0 Å². The predicted molar refractivity (Wildman–Crippen MR) is 136 cm³/mol. The number of halogens is 2. The molecule has 0 radical (unpaired) electrons. The van der Waals surface area contributed by atoms with Gasteiger partial charge < -0.3 is 14.8 Å². The lowest BCUT2D eigenvalue weighted by Crippen LogP contribution is -2.21. The van der Waals surface area contributed by atoms with Crippen LogP contribution in [0.25, 0.3) is 0 Å². The van der Waals surface area contributed by atoms with E-state index in [2.05, 4.69) is 38.2 Å². The minimum absolute atomic E-state index is 0.116. The number of carbonyl (C=O) groups is 2. The monoisotopic (exact) mass is 499 g/mol. The van der Waals surface area contributed by atoms with Crippen molar-refractivity contribution in [2.45, 2.75) is 39.0 Å². The average Bonchev–Trinajstić information content (AvgIpc) is 2.82. The molecule has 0 atom stereocenters. The van der Waals surface area contributed by atoms with Crippen molar-refractivity contribution in [3.05, 3.63) is 87.9 Å². The summed E-state index contributed by atoms with van der Waals surface area (Å²) in [5.74, 6) is 0.324. The highest BCUT2D eigenvalue weighted by Gasteiger charge is 2.17. The van der Waals surface area contributed by atoms with Crippen molar-refractivity contribution in [1.82, 2.24) is 0 Å². The normalized spacial score (nSPS) is 11.1. The number of hydrogen-bond donors (Lipinski definition) is 1. The van der Waals surface area contributed by atoms with E-state index in [0.29, 0.717) is 27.0 Å². The molecule has 1 N–H and O–H groups in total. The summed E-state index contributed by atoms with van der Waals surface area (Å²) in [5, 5.41) is 3.43. The van der Waals surface area contributed by atoms with Crippen molar-refractivity contribution < 1.29 is 19.1 Å². The first-order valence-electron chi connectivity index (χ1n) is 10.9. The zero-order valence-corrected chi connectivity index (χ0v) is 20.9. The number of anilines is 1. The smallest absolute Gasteiger partial charge is 0.310 e. The second-order valence-corrected chi connectivity index (χ2v) is 9.29. The number of esters is 1.